The molecule has 5 N–H and O–H groups in total. The molecule has 0 radical (unpaired) electrons. The summed E-state index contributed by atoms with van der Waals surface area (Å²) in [5.74, 6) is -1.08. The molecule has 72 valence electrons. The molecule has 6 heteroatoms. The third-order valence-electron chi connectivity index (χ3n) is 1.90. The van der Waals surface area contributed by atoms with Crippen molar-refractivity contribution in [3.05, 3.63) is 28.2 Å². The van der Waals surface area contributed by atoms with Crippen molar-refractivity contribution in [3.8, 4) is 0 Å². The fourth-order valence-electron chi connectivity index (χ4n) is 1.29. The van der Waals surface area contributed by atoms with Crippen LogP contribution in [-0.4, -0.2) is 21.0 Å². The average Bonchev–Trinajstić information content (AvgIpc) is 2.45. The van der Waals surface area contributed by atoms with Crippen LogP contribution in [0, 0.1) is 0 Å². The molecule has 14 heavy (non-hydrogen) atoms. The monoisotopic (exact) mass is 193 g/mol. The van der Waals surface area contributed by atoms with Crippen LogP contribution in [0.4, 0.5) is 5.69 Å². The number of hydrogen-bond donors (Lipinski definition) is 4. The number of rotatable bonds is 1. The van der Waals surface area contributed by atoms with Crippen LogP contribution < -0.4 is 11.4 Å². The minimum atomic E-state index is -1.08. The molecule has 2 aromatic rings. The second-order valence-electron chi connectivity index (χ2n) is 2.87. The quantitative estimate of drug-likeness (QED) is 0.482. The van der Waals surface area contributed by atoms with Gasteiger partial charge in [-0.2, -0.15) is 0 Å². The van der Waals surface area contributed by atoms with Crippen molar-refractivity contribution >= 4 is 22.7 Å². The first-order valence-electron chi connectivity index (χ1n) is 3.83. The lowest BCUT2D eigenvalue weighted by Crippen LogP contribution is -1.99. The fourth-order valence-corrected chi connectivity index (χ4v) is 1.29. The zero-order valence-electron chi connectivity index (χ0n) is 7.00. The van der Waals surface area contributed by atoms with Crippen molar-refractivity contribution in [2.24, 2.45) is 0 Å². The van der Waals surface area contributed by atoms with Crippen molar-refractivity contribution in [2.45, 2.75) is 0 Å². The van der Waals surface area contributed by atoms with Crippen LogP contribution in [0.2, 0.25) is 0 Å². The number of nitrogen functional groups attached to an aromatic ring is 1. The van der Waals surface area contributed by atoms with E-state index in [9.17, 15) is 9.59 Å². The first-order valence-corrected chi connectivity index (χ1v) is 3.83. The number of nitrogens with one attached hydrogen (secondary N) is 2. The number of hydrogen-bond acceptors (Lipinski definition) is 3. The van der Waals surface area contributed by atoms with Gasteiger partial charge in [-0.1, -0.05) is 0 Å². The van der Waals surface area contributed by atoms with E-state index in [2.05, 4.69) is 9.97 Å². The Hall–Kier alpha value is -2.24. The number of fused-ring (bicyclic) bond motifs is 1. The van der Waals surface area contributed by atoms with Gasteiger partial charge in [0.15, 0.2) is 0 Å². The molecule has 2 rings (SSSR count). The van der Waals surface area contributed by atoms with Crippen molar-refractivity contribution in [2.75, 3.05) is 5.73 Å². The minimum Gasteiger partial charge on any atom is -0.478 e. The Kier molecular flexibility index (Phi) is 1.57. The second-order valence-corrected chi connectivity index (χ2v) is 2.87. The Bertz CT molecular complexity index is 567. The van der Waals surface area contributed by atoms with Gasteiger partial charge < -0.3 is 20.8 Å². The van der Waals surface area contributed by atoms with E-state index in [0.717, 1.165) is 0 Å². The molecule has 0 aliphatic rings. The van der Waals surface area contributed by atoms with Crippen molar-refractivity contribution in [3.63, 3.8) is 0 Å². The topological polar surface area (TPSA) is 112 Å². The molecule has 0 saturated carbocycles. The molecule has 1 aromatic heterocycles. The highest BCUT2D eigenvalue weighted by molar-refractivity contribution is 5.97. The smallest absolute Gasteiger partial charge is 0.335 e. The van der Waals surface area contributed by atoms with Crippen LogP contribution in [0.5, 0.6) is 0 Å². The third kappa shape index (κ3) is 1.13. The number of anilines is 1. The summed E-state index contributed by atoms with van der Waals surface area (Å²) in [4.78, 5) is 26.5. The predicted octanol–water partition coefficient (Wildman–Crippen LogP) is 0.137. The number of carboxylic acids is 1. The maximum absolute atomic E-state index is 10.9. The number of aromatic nitrogens is 2. The standard InChI is InChI=1S/C8H7N3O3/c9-4-1-3(7(12)13)2-5-6(4)11-8(14)10-5/h1-2H,9H2,(H,12,13)(H2,10,11,14). The Labute approximate surface area is 77.4 Å². The van der Waals surface area contributed by atoms with Crippen LogP contribution in [0.25, 0.3) is 11.0 Å². The predicted molar refractivity (Wildman–Crippen MR) is 50.3 cm³/mol. The number of imidazole rings is 1. The summed E-state index contributed by atoms with van der Waals surface area (Å²) in [6.45, 7) is 0. The fraction of sp³-hybridized carbons (Fsp3) is 0. The van der Waals surface area contributed by atoms with E-state index in [1.165, 1.54) is 12.1 Å². The van der Waals surface area contributed by atoms with Gasteiger partial charge >= 0.3 is 11.7 Å². The summed E-state index contributed by atoms with van der Waals surface area (Å²) in [5, 5.41) is 8.72. The Morgan fingerprint density at radius 2 is 2.07 bits per heavy atom. The highest BCUT2D eigenvalue weighted by Gasteiger charge is 2.08. The van der Waals surface area contributed by atoms with E-state index in [1.54, 1.807) is 0 Å². The number of carbonyl (C=O) groups is 1. The largest absolute Gasteiger partial charge is 0.478 e. The number of aromatic amines is 2. The van der Waals surface area contributed by atoms with Crippen LogP contribution >= 0.6 is 0 Å². The lowest BCUT2D eigenvalue weighted by Gasteiger charge is -1.98. The van der Waals surface area contributed by atoms with Crippen LogP contribution in [0.3, 0.4) is 0 Å². The average molecular weight is 193 g/mol. The van der Waals surface area contributed by atoms with Gasteiger partial charge in [0.05, 0.1) is 22.3 Å². The molecule has 0 unspecified atom stereocenters. The molecule has 0 bridgehead atoms. The molecule has 1 heterocycles. The molecule has 0 atom stereocenters. The molecule has 0 saturated heterocycles. The van der Waals surface area contributed by atoms with E-state index in [-0.39, 0.29) is 11.3 Å². The van der Waals surface area contributed by atoms with Gasteiger partial charge in [0.1, 0.15) is 0 Å². The number of aromatic carboxylic acids is 1. The number of H-pyrrole nitrogens is 2. The van der Waals surface area contributed by atoms with Crippen molar-refractivity contribution < 1.29 is 9.90 Å². The molecule has 0 amide bonds. The SMILES string of the molecule is Nc1cc(C(=O)O)cc2[nH]c(=O)[nH]c12. The van der Waals surface area contributed by atoms with E-state index in [1.807, 2.05) is 0 Å². The number of benzene rings is 1. The third-order valence-corrected chi connectivity index (χ3v) is 1.90. The summed E-state index contributed by atoms with van der Waals surface area (Å²) < 4.78 is 0. The van der Waals surface area contributed by atoms with Crippen molar-refractivity contribution in [1.29, 1.82) is 0 Å². The molecule has 0 aliphatic heterocycles. The van der Waals surface area contributed by atoms with Crippen molar-refractivity contribution in [1.82, 2.24) is 9.97 Å². The first-order chi connectivity index (χ1) is 6.58. The molecular weight excluding hydrogens is 186 g/mol. The lowest BCUT2D eigenvalue weighted by molar-refractivity contribution is 0.0697. The van der Waals surface area contributed by atoms with E-state index < -0.39 is 11.7 Å². The minimum absolute atomic E-state index is 0.0465. The van der Waals surface area contributed by atoms with Crippen LogP contribution in [0.15, 0.2) is 16.9 Å². The van der Waals surface area contributed by atoms with Gasteiger partial charge in [-0.3, -0.25) is 0 Å². The Morgan fingerprint density at radius 3 is 2.71 bits per heavy atom. The zero-order chi connectivity index (χ0) is 10.3. The summed E-state index contributed by atoms with van der Waals surface area (Å²) >= 11 is 0. The molecular formula is C8H7N3O3. The van der Waals surface area contributed by atoms with E-state index >= 15 is 0 Å². The van der Waals surface area contributed by atoms with Gasteiger partial charge in [0.25, 0.3) is 0 Å². The van der Waals surface area contributed by atoms with Gasteiger partial charge in [-0.05, 0) is 12.1 Å². The van der Waals surface area contributed by atoms with E-state index in [4.69, 9.17) is 10.8 Å². The zero-order valence-corrected chi connectivity index (χ0v) is 7.00. The summed E-state index contributed by atoms with van der Waals surface area (Å²) in [6, 6.07) is 2.65. The second kappa shape index (κ2) is 2.63. The number of carboxylic acid groups (broad SMARTS) is 1. The van der Waals surface area contributed by atoms with Crippen LogP contribution in [0.1, 0.15) is 10.4 Å². The number of nitrogens with two attached hydrogens (primary N) is 1. The molecule has 0 spiro atoms. The van der Waals surface area contributed by atoms with Gasteiger partial charge in [-0.25, -0.2) is 9.59 Å². The maximum Gasteiger partial charge on any atom is 0.335 e. The summed E-state index contributed by atoms with van der Waals surface area (Å²) in [5.41, 5.74) is 6.25. The Morgan fingerprint density at radius 1 is 1.36 bits per heavy atom. The summed E-state index contributed by atoms with van der Waals surface area (Å²) in [6.07, 6.45) is 0. The normalized spacial score (nSPS) is 10.6. The lowest BCUT2D eigenvalue weighted by atomic mass is 10.2. The first kappa shape index (κ1) is 8.36. The van der Waals surface area contributed by atoms with E-state index in [0.29, 0.717) is 11.0 Å². The summed E-state index contributed by atoms with van der Waals surface area (Å²) in [7, 11) is 0. The van der Waals surface area contributed by atoms with Crippen LogP contribution in [-0.2, 0) is 0 Å². The molecule has 0 aliphatic carbocycles. The van der Waals surface area contributed by atoms with Gasteiger partial charge in [0, 0.05) is 0 Å². The van der Waals surface area contributed by atoms with Gasteiger partial charge in [-0.15, -0.1) is 0 Å². The molecule has 1 aromatic carbocycles. The highest BCUT2D eigenvalue weighted by Crippen LogP contribution is 2.18. The molecule has 0 fully saturated rings. The maximum atomic E-state index is 10.9. The highest BCUT2D eigenvalue weighted by atomic mass is 16.4. The molecule has 6 nitrogen and oxygen atoms in total. The van der Waals surface area contributed by atoms with Gasteiger partial charge in [0.2, 0.25) is 0 Å². The Balaban J connectivity index is 2.84.